The first-order valence-corrected chi connectivity index (χ1v) is 8.50. The van der Waals surface area contributed by atoms with Crippen molar-refractivity contribution in [2.24, 2.45) is 23.7 Å². The zero-order chi connectivity index (χ0) is 14.4. The van der Waals surface area contributed by atoms with Crippen molar-refractivity contribution in [3.8, 4) is 6.07 Å². The molecule has 112 valence electrons. The van der Waals surface area contributed by atoms with Gasteiger partial charge in [0.2, 0.25) is 0 Å². The van der Waals surface area contributed by atoms with Gasteiger partial charge in [-0.1, -0.05) is 32.6 Å². The average molecular weight is 277 g/mol. The molecule has 2 aliphatic rings. The van der Waals surface area contributed by atoms with E-state index < -0.39 is 5.83 Å². The predicted octanol–water partition coefficient (Wildman–Crippen LogP) is 5.78. The smallest absolute Gasteiger partial charge is 0.195 e. The van der Waals surface area contributed by atoms with Gasteiger partial charge < -0.3 is 0 Å². The molecule has 0 aromatic rings. The molecule has 20 heavy (non-hydrogen) atoms. The van der Waals surface area contributed by atoms with Crippen LogP contribution in [0, 0.1) is 35.0 Å². The molecule has 0 aromatic heterocycles. The molecule has 1 nitrogen and oxygen atoms in total. The highest BCUT2D eigenvalue weighted by Crippen LogP contribution is 2.42. The van der Waals surface area contributed by atoms with Crippen LogP contribution in [-0.4, -0.2) is 0 Å². The zero-order valence-corrected chi connectivity index (χ0v) is 12.8. The van der Waals surface area contributed by atoms with E-state index in [0.717, 1.165) is 30.6 Å². The van der Waals surface area contributed by atoms with Crippen LogP contribution in [0.3, 0.4) is 0 Å². The molecular weight excluding hydrogens is 249 g/mol. The second-order valence-electron chi connectivity index (χ2n) is 6.87. The molecule has 2 fully saturated rings. The van der Waals surface area contributed by atoms with Crippen LogP contribution in [-0.2, 0) is 0 Å². The third-order valence-electron chi connectivity index (χ3n) is 5.56. The monoisotopic (exact) mass is 277 g/mol. The van der Waals surface area contributed by atoms with Crippen LogP contribution < -0.4 is 0 Å². The van der Waals surface area contributed by atoms with E-state index in [1.807, 2.05) is 0 Å². The molecule has 0 unspecified atom stereocenters. The lowest BCUT2D eigenvalue weighted by atomic mass is 9.68. The summed E-state index contributed by atoms with van der Waals surface area (Å²) in [6.45, 7) is 2.29. The molecule has 0 spiro atoms. The van der Waals surface area contributed by atoms with Crippen LogP contribution in [0.4, 0.5) is 4.39 Å². The molecule has 2 saturated carbocycles. The van der Waals surface area contributed by atoms with Crippen molar-refractivity contribution in [2.75, 3.05) is 0 Å². The van der Waals surface area contributed by atoms with E-state index in [1.165, 1.54) is 51.4 Å². The van der Waals surface area contributed by atoms with Crippen molar-refractivity contribution >= 4 is 0 Å². The van der Waals surface area contributed by atoms with Gasteiger partial charge in [-0.05, 0) is 68.3 Å². The van der Waals surface area contributed by atoms with Gasteiger partial charge in [-0.3, -0.25) is 0 Å². The third-order valence-corrected chi connectivity index (χ3v) is 5.56. The molecule has 2 aliphatic carbocycles. The van der Waals surface area contributed by atoms with E-state index >= 15 is 0 Å². The van der Waals surface area contributed by atoms with E-state index in [9.17, 15) is 4.39 Å². The Morgan fingerprint density at radius 2 is 1.60 bits per heavy atom. The highest BCUT2D eigenvalue weighted by Gasteiger charge is 2.30. The van der Waals surface area contributed by atoms with E-state index in [4.69, 9.17) is 5.26 Å². The van der Waals surface area contributed by atoms with E-state index in [1.54, 1.807) is 12.1 Å². The highest BCUT2D eigenvalue weighted by molar-refractivity contribution is 5.13. The minimum atomic E-state index is -0.589. The van der Waals surface area contributed by atoms with Gasteiger partial charge in [-0.2, -0.15) is 9.65 Å². The maximum Gasteiger partial charge on any atom is 0.196 e. The Bertz CT molecular complexity index is 352. The Balaban J connectivity index is 1.74. The fraction of sp³-hybridized carbons (Fsp3) is 0.833. The minimum absolute atomic E-state index is 0.308. The lowest BCUT2D eigenvalue weighted by Crippen LogP contribution is -2.25. The summed E-state index contributed by atoms with van der Waals surface area (Å²) in [5, 5.41) is 8.50. The first kappa shape index (κ1) is 15.5. The molecule has 0 radical (unpaired) electrons. The van der Waals surface area contributed by atoms with Gasteiger partial charge in [-0.25, -0.2) is 0 Å². The summed E-state index contributed by atoms with van der Waals surface area (Å²) in [6, 6.07) is 1.60. The molecule has 0 bridgehead atoms. The Hall–Kier alpha value is -0.840. The second kappa shape index (κ2) is 7.81. The van der Waals surface area contributed by atoms with Crippen LogP contribution in [0.1, 0.15) is 71.1 Å². The second-order valence-corrected chi connectivity index (χ2v) is 6.87. The normalized spacial score (nSPS) is 35.5. The molecule has 0 N–H and O–H groups in total. The van der Waals surface area contributed by atoms with Gasteiger partial charge in [0.1, 0.15) is 6.07 Å². The largest absolute Gasteiger partial charge is 0.196 e. The van der Waals surface area contributed by atoms with Crippen molar-refractivity contribution in [1.29, 1.82) is 5.26 Å². The fourth-order valence-electron chi connectivity index (χ4n) is 4.38. The average Bonchev–Trinajstić information content (AvgIpc) is 2.49. The number of allylic oxidation sites excluding steroid dienone is 2. The Labute approximate surface area is 123 Å². The van der Waals surface area contributed by atoms with Crippen LogP contribution in [0.15, 0.2) is 11.9 Å². The van der Waals surface area contributed by atoms with Crippen LogP contribution in [0.25, 0.3) is 0 Å². The van der Waals surface area contributed by atoms with Crippen molar-refractivity contribution in [3.05, 3.63) is 11.9 Å². The summed E-state index contributed by atoms with van der Waals surface area (Å²) in [7, 11) is 0. The number of hydrogen-bond acceptors (Lipinski definition) is 1. The van der Waals surface area contributed by atoms with Crippen molar-refractivity contribution in [1.82, 2.24) is 0 Å². The standard InChI is InChI=1S/C18H28FN/c1-2-3-14-4-8-16(9-5-14)17-10-6-15(7-11-17)12-18(19)13-20/h12,14-17H,2-11H2,1H3. The molecule has 0 aromatic carbocycles. The molecule has 0 amide bonds. The molecular formula is C18H28FN. The Morgan fingerprint density at radius 3 is 2.10 bits per heavy atom. The maximum atomic E-state index is 13.0. The van der Waals surface area contributed by atoms with Crippen LogP contribution in [0.5, 0.6) is 0 Å². The summed E-state index contributed by atoms with van der Waals surface area (Å²) in [5.74, 6) is 2.50. The van der Waals surface area contributed by atoms with E-state index in [2.05, 4.69) is 6.92 Å². The number of rotatable bonds is 4. The van der Waals surface area contributed by atoms with Gasteiger partial charge in [0.05, 0.1) is 0 Å². The number of nitriles is 1. The SMILES string of the molecule is CCCC1CCC(C2CCC(C=C(F)C#N)CC2)CC1. The number of halogens is 1. The van der Waals surface area contributed by atoms with E-state index in [0.29, 0.717) is 5.92 Å². The first-order valence-electron chi connectivity index (χ1n) is 8.50. The molecule has 0 heterocycles. The predicted molar refractivity (Wildman–Crippen MR) is 80.6 cm³/mol. The van der Waals surface area contributed by atoms with Crippen LogP contribution >= 0.6 is 0 Å². The quantitative estimate of drug-likeness (QED) is 0.598. The topological polar surface area (TPSA) is 23.8 Å². The van der Waals surface area contributed by atoms with Crippen molar-refractivity contribution < 1.29 is 4.39 Å². The highest BCUT2D eigenvalue weighted by atomic mass is 19.1. The summed E-state index contributed by atoms with van der Waals surface area (Å²) >= 11 is 0. The Kier molecular flexibility index (Phi) is 6.07. The van der Waals surface area contributed by atoms with Crippen molar-refractivity contribution in [2.45, 2.75) is 71.1 Å². The van der Waals surface area contributed by atoms with Gasteiger partial charge in [-0.15, -0.1) is 0 Å². The lowest BCUT2D eigenvalue weighted by Gasteiger charge is -2.37. The summed E-state index contributed by atoms with van der Waals surface area (Å²) in [6.07, 6.45) is 14.6. The summed E-state index contributed by atoms with van der Waals surface area (Å²) in [4.78, 5) is 0. The molecule has 2 heteroatoms. The van der Waals surface area contributed by atoms with Gasteiger partial charge in [0.15, 0.2) is 5.83 Å². The molecule has 0 atom stereocenters. The lowest BCUT2D eigenvalue weighted by molar-refractivity contribution is 0.152. The molecule has 2 rings (SSSR count). The minimum Gasteiger partial charge on any atom is -0.195 e. The van der Waals surface area contributed by atoms with Gasteiger partial charge >= 0.3 is 0 Å². The van der Waals surface area contributed by atoms with Crippen LogP contribution in [0.2, 0.25) is 0 Å². The summed E-state index contributed by atoms with van der Waals surface area (Å²) in [5.41, 5.74) is 0. The van der Waals surface area contributed by atoms with E-state index in [-0.39, 0.29) is 0 Å². The number of nitrogens with zero attached hydrogens (tertiary/aromatic N) is 1. The maximum absolute atomic E-state index is 13.0. The number of hydrogen-bond donors (Lipinski definition) is 0. The first-order chi connectivity index (χ1) is 9.72. The third kappa shape index (κ3) is 4.33. The van der Waals surface area contributed by atoms with Gasteiger partial charge in [0, 0.05) is 0 Å². The Morgan fingerprint density at radius 1 is 1.05 bits per heavy atom. The zero-order valence-electron chi connectivity index (χ0n) is 12.8. The fourth-order valence-corrected chi connectivity index (χ4v) is 4.38. The molecule has 0 aliphatic heterocycles. The summed E-state index contributed by atoms with van der Waals surface area (Å²) < 4.78 is 13.0. The van der Waals surface area contributed by atoms with Gasteiger partial charge in [0.25, 0.3) is 0 Å². The molecule has 0 saturated heterocycles. The van der Waals surface area contributed by atoms with Crippen molar-refractivity contribution in [3.63, 3.8) is 0 Å².